The van der Waals surface area contributed by atoms with Crippen molar-refractivity contribution in [2.45, 2.75) is 11.8 Å². The van der Waals surface area contributed by atoms with Crippen LogP contribution in [0.4, 0.5) is 0 Å². The van der Waals surface area contributed by atoms with Crippen molar-refractivity contribution in [3.05, 3.63) is 5.82 Å². The Morgan fingerprint density at radius 3 is 1.80 bits per heavy atom. The van der Waals surface area contributed by atoms with Crippen LogP contribution < -0.4 is 9.47 Å². The molecule has 0 aromatic carbocycles. The lowest BCUT2D eigenvalue weighted by Gasteiger charge is -2.09. The van der Waals surface area contributed by atoms with Crippen molar-refractivity contribution in [3.8, 4) is 11.8 Å². The monoisotopic (exact) mass is 234 g/mol. The summed E-state index contributed by atoms with van der Waals surface area (Å²) in [5, 5.41) is 0. The minimum atomic E-state index is -4.48. The number of hydrogen-bond acceptors (Lipinski definition) is 6. The summed E-state index contributed by atoms with van der Waals surface area (Å²) in [6.45, 7) is 1.54. The number of rotatable bonds is 3. The second-order valence-electron chi connectivity index (χ2n) is 2.59. The first-order valence-electron chi connectivity index (χ1n) is 3.84. The standard InChI is InChI=1S/C7H10N2O5S/c1-4-8-6(13-2)5(15(10,11)12)7(9-4)14-3/h1-3H3,(H,10,11,12). The van der Waals surface area contributed by atoms with Gasteiger partial charge in [0.05, 0.1) is 14.2 Å². The minimum Gasteiger partial charge on any atom is -0.480 e. The minimum absolute atomic E-state index is 0.248. The van der Waals surface area contributed by atoms with E-state index in [4.69, 9.17) is 14.0 Å². The van der Waals surface area contributed by atoms with E-state index in [0.717, 1.165) is 0 Å². The molecule has 0 amide bonds. The average molecular weight is 234 g/mol. The summed E-state index contributed by atoms with van der Waals surface area (Å²) in [7, 11) is -2.02. The highest BCUT2D eigenvalue weighted by atomic mass is 32.2. The van der Waals surface area contributed by atoms with Gasteiger partial charge in [0.1, 0.15) is 5.82 Å². The molecule has 0 unspecified atom stereocenters. The highest BCUT2D eigenvalue weighted by Crippen LogP contribution is 2.29. The first-order chi connectivity index (χ1) is 6.90. The Morgan fingerprint density at radius 2 is 1.53 bits per heavy atom. The van der Waals surface area contributed by atoms with Gasteiger partial charge in [0.15, 0.2) is 0 Å². The van der Waals surface area contributed by atoms with Gasteiger partial charge in [-0.25, -0.2) is 0 Å². The van der Waals surface area contributed by atoms with Crippen molar-refractivity contribution in [2.24, 2.45) is 0 Å². The Kier molecular flexibility index (Phi) is 3.10. The van der Waals surface area contributed by atoms with Gasteiger partial charge in [0, 0.05) is 0 Å². The largest absolute Gasteiger partial charge is 0.480 e. The van der Waals surface area contributed by atoms with Crippen LogP contribution in [-0.2, 0) is 10.1 Å². The topological polar surface area (TPSA) is 98.6 Å². The maximum absolute atomic E-state index is 11.0. The van der Waals surface area contributed by atoms with E-state index in [1.54, 1.807) is 6.92 Å². The van der Waals surface area contributed by atoms with Crippen LogP contribution in [-0.4, -0.2) is 37.2 Å². The first-order valence-corrected chi connectivity index (χ1v) is 5.28. The van der Waals surface area contributed by atoms with E-state index in [0.29, 0.717) is 0 Å². The molecule has 0 radical (unpaired) electrons. The fourth-order valence-corrected chi connectivity index (χ4v) is 1.71. The molecule has 0 spiro atoms. The Labute approximate surface area is 86.8 Å². The highest BCUT2D eigenvalue weighted by Gasteiger charge is 2.25. The predicted octanol–water partition coefficient (Wildman–Crippen LogP) is 0.0489. The molecule has 0 saturated heterocycles. The zero-order valence-corrected chi connectivity index (χ0v) is 9.20. The van der Waals surface area contributed by atoms with Crippen LogP contribution in [0, 0.1) is 6.92 Å². The van der Waals surface area contributed by atoms with Crippen molar-refractivity contribution >= 4 is 10.1 Å². The molecule has 7 nitrogen and oxygen atoms in total. The number of aryl methyl sites for hydroxylation is 1. The van der Waals surface area contributed by atoms with Crippen LogP contribution in [0.25, 0.3) is 0 Å². The van der Waals surface area contributed by atoms with Crippen LogP contribution in [0.5, 0.6) is 11.8 Å². The molecule has 0 atom stereocenters. The summed E-state index contributed by atoms with van der Waals surface area (Å²) >= 11 is 0. The number of aromatic nitrogens is 2. The molecule has 0 aliphatic rings. The molecule has 0 saturated carbocycles. The molecule has 1 heterocycles. The molecular weight excluding hydrogens is 224 g/mol. The van der Waals surface area contributed by atoms with Gasteiger partial charge < -0.3 is 9.47 Å². The van der Waals surface area contributed by atoms with Crippen molar-refractivity contribution in [1.82, 2.24) is 9.97 Å². The Morgan fingerprint density at radius 1 is 1.13 bits per heavy atom. The van der Waals surface area contributed by atoms with Gasteiger partial charge in [-0.3, -0.25) is 4.55 Å². The predicted molar refractivity (Wildman–Crippen MR) is 49.7 cm³/mol. The fourth-order valence-electron chi connectivity index (χ4n) is 1.01. The summed E-state index contributed by atoms with van der Waals surface area (Å²) in [6, 6.07) is 0. The van der Waals surface area contributed by atoms with Crippen molar-refractivity contribution < 1.29 is 22.4 Å². The normalized spacial score (nSPS) is 11.2. The maximum Gasteiger partial charge on any atom is 0.305 e. The molecule has 0 aliphatic carbocycles. The number of methoxy groups -OCH3 is 2. The van der Waals surface area contributed by atoms with Crippen molar-refractivity contribution in [1.29, 1.82) is 0 Å². The van der Waals surface area contributed by atoms with E-state index in [9.17, 15) is 8.42 Å². The summed E-state index contributed by atoms with van der Waals surface area (Å²) in [4.78, 5) is 6.86. The van der Waals surface area contributed by atoms with Gasteiger partial charge in [0.2, 0.25) is 16.7 Å². The van der Waals surface area contributed by atoms with Crippen LogP contribution in [0.3, 0.4) is 0 Å². The van der Waals surface area contributed by atoms with Gasteiger partial charge >= 0.3 is 10.1 Å². The zero-order valence-electron chi connectivity index (χ0n) is 8.38. The molecule has 0 aliphatic heterocycles. The lowest BCUT2D eigenvalue weighted by molar-refractivity contribution is 0.342. The van der Waals surface area contributed by atoms with E-state index >= 15 is 0 Å². The lowest BCUT2D eigenvalue weighted by atomic mass is 10.5. The Bertz CT molecular complexity index is 445. The van der Waals surface area contributed by atoms with Crippen LogP contribution in [0.15, 0.2) is 4.90 Å². The van der Waals surface area contributed by atoms with Gasteiger partial charge in [-0.15, -0.1) is 0 Å². The summed E-state index contributed by atoms with van der Waals surface area (Å²) in [5.41, 5.74) is 0. The van der Waals surface area contributed by atoms with Gasteiger partial charge in [-0.2, -0.15) is 18.4 Å². The van der Waals surface area contributed by atoms with Gasteiger partial charge in [-0.05, 0) is 6.92 Å². The molecule has 1 aromatic heterocycles. The number of hydrogen-bond donors (Lipinski definition) is 1. The highest BCUT2D eigenvalue weighted by molar-refractivity contribution is 7.86. The number of ether oxygens (including phenoxy) is 2. The van der Waals surface area contributed by atoms with E-state index in [1.807, 2.05) is 0 Å². The lowest BCUT2D eigenvalue weighted by Crippen LogP contribution is -2.08. The fraction of sp³-hybridized carbons (Fsp3) is 0.429. The molecule has 0 bridgehead atoms. The molecular formula is C7H10N2O5S. The van der Waals surface area contributed by atoms with E-state index in [1.165, 1.54) is 14.2 Å². The molecule has 84 valence electrons. The second-order valence-corrected chi connectivity index (χ2v) is 3.95. The molecule has 0 fully saturated rings. The van der Waals surface area contributed by atoms with E-state index in [-0.39, 0.29) is 17.6 Å². The van der Waals surface area contributed by atoms with E-state index < -0.39 is 15.0 Å². The zero-order chi connectivity index (χ0) is 11.6. The smallest absolute Gasteiger partial charge is 0.305 e. The summed E-state index contributed by atoms with van der Waals surface area (Å²) in [5.74, 6) is -0.222. The van der Waals surface area contributed by atoms with Gasteiger partial charge in [-0.1, -0.05) is 0 Å². The third-order valence-corrected chi connectivity index (χ3v) is 2.42. The van der Waals surface area contributed by atoms with Crippen LogP contribution >= 0.6 is 0 Å². The summed E-state index contributed by atoms with van der Waals surface area (Å²) < 4.78 is 40.4. The third-order valence-electron chi connectivity index (χ3n) is 1.56. The molecule has 15 heavy (non-hydrogen) atoms. The Hall–Kier alpha value is -1.41. The van der Waals surface area contributed by atoms with Crippen molar-refractivity contribution in [2.75, 3.05) is 14.2 Å². The van der Waals surface area contributed by atoms with Gasteiger partial charge in [0.25, 0.3) is 0 Å². The number of nitrogens with zero attached hydrogens (tertiary/aromatic N) is 2. The molecule has 1 rings (SSSR count). The van der Waals surface area contributed by atoms with Crippen molar-refractivity contribution in [3.63, 3.8) is 0 Å². The molecule has 8 heteroatoms. The third kappa shape index (κ3) is 2.34. The summed E-state index contributed by atoms with van der Waals surface area (Å²) in [6.07, 6.45) is 0. The second kappa shape index (κ2) is 3.99. The quantitative estimate of drug-likeness (QED) is 0.737. The Balaban J connectivity index is 3.59. The SMILES string of the molecule is COc1nc(C)nc(OC)c1S(=O)(=O)O. The molecule has 1 aromatic rings. The van der Waals surface area contributed by atoms with Crippen LogP contribution in [0.1, 0.15) is 5.82 Å². The molecule has 1 N–H and O–H groups in total. The average Bonchev–Trinajstić information content (AvgIpc) is 2.14. The van der Waals surface area contributed by atoms with Crippen LogP contribution in [0.2, 0.25) is 0 Å². The first kappa shape index (κ1) is 11.7. The van der Waals surface area contributed by atoms with E-state index in [2.05, 4.69) is 9.97 Å². The maximum atomic E-state index is 11.0.